The van der Waals surface area contributed by atoms with Gasteiger partial charge in [-0.2, -0.15) is 0 Å². The Kier molecular flexibility index (Phi) is 6.46. The van der Waals surface area contributed by atoms with Gasteiger partial charge in [-0.15, -0.1) is 11.3 Å². The van der Waals surface area contributed by atoms with Gasteiger partial charge in [0, 0.05) is 33.1 Å². The standard InChI is InChI=1S/C25H26N4O3S/c1-14(2)22(28-23(30)16-9-11-17(32-4)12-10-16)24(31)29-25-27-20(13-33-25)21-15(3)26-19-8-6-5-7-18(19)21/h5-14,22,26H,1-4H3,(H,28,30)(H,27,29,31)/t22-/m1/s1. The molecule has 0 fully saturated rings. The van der Waals surface area contributed by atoms with Crippen LogP contribution in [0.15, 0.2) is 53.9 Å². The zero-order valence-electron chi connectivity index (χ0n) is 18.9. The van der Waals surface area contributed by atoms with Crippen LogP contribution in [0.3, 0.4) is 0 Å². The fourth-order valence-corrected chi connectivity index (χ4v) is 4.44. The monoisotopic (exact) mass is 462 g/mol. The average molecular weight is 463 g/mol. The maximum atomic E-state index is 13.0. The molecule has 0 spiro atoms. The van der Waals surface area contributed by atoms with Crippen molar-refractivity contribution < 1.29 is 14.3 Å². The van der Waals surface area contributed by atoms with Gasteiger partial charge in [0.1, 0.15) is 11.8 Å². The Labute approximate surface area is 196 Å². The SMILES string of the molecule is COc1ccc(C(=O)N[C@@H](C(=O)Nc2nc(-c3c(C)[nH]c4ccccc34)cs2)C(C)C)cc1. The number of nitrogens with zero attached hydrogens (tertiary/aromatic N) is 1. The first kappa shape index (κ1) is 22.5. The molecule has 1 atom stereocenters. The van der Waals surface area contributed by atoms with Gasteiger partial charge in [-0.1, -0.05) is 32.0 Å². The number of aromatic nitrogens is 2. The molecule has 0 aliphatic carbocycles. The molecule has 8 heteroatoms. The van der Waals surface area contributed by atoms with Gasteiger partial charge in [0.05, 0.1) is 12.8 Å². The molecule has 0 radical (unpaired) electrons. The Morgan fingerprint density at radius 3 is 2.52 bits per heavy atom. The van der Waals surface area contributed by atoms with Gasteiger partial charge in [-0.05, 0) is 43.2 Å². The summed E-state index contributed by atoms with van der Waals surface area (Å²) in [4.78, 5) is 33.7. The van der Waals surface area contributed by atoms with Gasteiger partial charge in [0.15, 0.2) is 5.13 Å². The second-order valence-electron chi connectivity index (χ2n) is 8.12. The molecule has 2 aromatic heterocycles. The number of fused-ring (bicyclic) bond motifs is 1. The molecule has 2 amide bonds. The maximum Gasteiger partial charge on any atom is 0.251 e. The Morgan fingerprint density at radius 1 is 1.09 bits per heavy atom. The summed E-state index contributed by atoms with van der Waals surface area (Å²) in [6.45, 7) is 5.79. The normalized spacial score (nSPS) is 12.0. The van der Waals surface area contributed by atoms with Gasteiger partial charge in [0.25, 0.3) is 5.91 Å². The van der Waals surface area contributed by atoms with Crippen molar-refractivity contribution >= 4 is 39.2 Å². The number of hydrogen-bond donors (Lipinski definition) is 3. The molecule has 0 aliphatic rings. The van der Waals surface area contributed by atoms with E-state index in [4.69, 9.17) is 4.74 Å². The molecule has 4 rings (SSSR count). The molecule has 33 heavy (non-hydrogen) atoms. The first-order valence-electron chi connectivity index (χ1n) is 10.7. The van der Waals surface area contributed by atoms with E-state index in [0.29, 0.717) is 16.4 Å². The fourth-order valence-electron chi connectivity index (χ4n) is 3.74. The lowest BCUT2D eigenvalue weighted by atomic mass is 10.0. The number of H-pyrrole nitrogens is 1. The largest absolute Gasteiger partial charge is 0.497 e. The second kappa shape index (κ2) is 9.46. The Bertz CT molecular complexity index is 1290. The number of para-hydroxylation sites is 1. The van der Waals surface area contributed by atoms with E-state index in [0.717, 1.165) is 27.9 Å². The molecular formula is C25H26N4O3S. The average Bonchev–Trinajstić information content (AvgIpc) is 3.39. The highest BCUT2D eigenvalue weighted by Crippen LogP contribution is 2.33. The Morgan fingerprint density at radius 2 is 1.82 bits per heavy atom. The number of amides is 2. The van der Waals surface area contributed by atoms with Crippen LogP contribution in [-0.2, 0) is 4.79 Å². The van der Waals surface area contributed by atoms with E-state index in [2.05, 4.69) is 26.7 Å². The zero-order valence-corrected chi connectivity index (χ0v) is 19.7. The third-order valence-corrected chi connectivity index (χ3v) is 6.23. The van der Waals surface area contributed by atoms with Crippen molar-refractivity contribution in [2.24, 2.45) is 5.92 Å². The van der Waals surface area contributed by atoms with Crippen LogP contribution in [0.5, 0.6) is 5.75 Å². The predicted molar refractivity (Wildman–Crippen MR) is 132 cm³/mol. The molecule has 2 heterocycles. The molecule has 0 aliphatic heterocycles. The number of aromatic amines is 1. The van der Waals surface area contributed by atoms with Crippen molar-refractivity contribution in [1.29, 1.82) is 0 Å². The Balaban J connectivity index is 1.49. The highest BCUT2D eigenvalue weighted by atomic mass is 32.1. The number of ether oxygens (including phenoxy) is 1. The number of methoxy groups -OCH3 is 1. The van der Waals surface area contributed by atoms with E-state index in [9.17, 15) is 9.59 Å². The molecular weight excluding hydrogens is 436 g/mol. The minimum atomic E-state index is -0.707. The first-order chi connectivity index (χ1) is 15.9. The van der Waals surface area contributed by atoms with E-state index in [1.807, 2.05) is 44.4 Å². The number of hydrogen-bond acceptors (Lipinski definition) is 5. The molecule has 170 valence electrons. The van der Waals surface area contributed by atoms with Gasteiger partial charge in [0.2, 0.25) is 5.91 Å². The van der Waals surface area contributed by atoms with Gasteiger partial charge in [-0.25, -0.2) is 4.98 Å². The zero-order chi connectivity index (χ0) is 23.5. The van der Waals surface area contributed by atoms with Crippen LogP contribution in [0.1, 0.15) is 29.9 Å². The first-order valence-corrected chi connectivity index (χ1v) is 11.5. The fraction of sp³-hybridized carbons (Fsp3) is 0.240. The van der Waals surface area contributed by atoms with Crippen LogP contribution < -0.4 is 15.4 Å². The molecule has 0 unspecified atom stereocenters. The highest BCUT2D eigenvalue weighted by Gasteiger charge is 2.26. The summed E-state index contributed by atoms with van der Waals surface area (Å²) in [5, 5.41) is 9.22. The summed E-state index contributed by atoms with van der Waals surface area (Å²) in [6, 6.07) is 14.1. The summed E-state index contributed by atoms with van der Waals surface area (Å²) in [6.07, 6.45) is 0. The van der Waals surface area contributed by atoms with E-state index in [1.54, 1.807) is 31.4 Å². The predicted octanol–water partition coefficient (Wildman–Crippen LogP) is 5.00. The van der Waals surface area contributed by atoms with Crippen LogP contribution in [0.2, 0.25) is 0 Å². The highest BCUT2D eigenvalue weighted by molar-refractivity contribution is 7.14. The lowest BCUT2D eigenvalue weighted by molar-refractivity contribution is -0.118. The summed E-state index contributed by atoms with van der Waals surface area (Å²) < 4.78 is 5.13. The summed E-state index contributed by atoms with van der Waals surface area (Å²) in [5.41, 5.74) is 4.35. The quantitative estimate of drug-likeness (QED) is 0.360. The van der Waals surface area contributed by atoms with Crippen molar-refractivity contribution in [3.8, 4) is 17.0 Å². The topological polar surface area (TPSA) is 96.1 Å². The van der Waals surface area contributed by atoms with E-state index >= 15 is 0 Å². The number of aryl methyl sites for hydroxylation is 1. The van der Waals surface area contributed by atoms with Crippen LogP contribution >= 0.6 is 11.3 Å². The number of carbonyl (C=O) groups excluding carboxylic acids is 2. The van der Waals surface area contributed by atoms with Crippen LogP contribution in [0, 0.1) is 12.8 Å². The smallest absolute Gasteiger partial charge is 0.251 e. The number of carbonyl (C=O) groups is 2. The van der Waals surface area contributed by atoms with Gasteiger partial charge in [-0.3, -0.25) is 9.59 Å². The Hall–Kier alpha value is -3.65. The minimum Gasteiger partial charge on any atom is -0.497 e. The summed E-state index contributed by atoms with van der Waals surface area (Å²) >= 11 is 1.36. The lowest BCUT2D eigenvalue weighted by Crippen LogP contribution is -2.47. The van der Waals surface area contributed by atoms with Crippen LogP contribution in [0.25, 0.3) is 22.2 Å². The third-order valence-electron chi connectivity index (χ3n) is 5.47. The van der Waals surface area contributed by atoms with Crippen molar-refractivity contribution in [3.63, 3.8) is 0 Å². The molecule has 0 saturated carbocycles. The molecule has 2 aromatic carbocycles. The molecule has 0 saturated heterocycles. The number of benzene rings is 2. The third kappa shape index (κ3) is 4.75. The maximum absolute atomic E-state index is 13.0. The molecule has 7 nitrogen and oxygen atoms in total. The van der Waals surface area contributed by atoms with Crippen LogP contribution in [0.4, 0.5) is 5.13 Å². The number of rotatable bonds is 7. The number of anilines is 1. The van der Waals surface area contributed by atoms with Gasteiger partial charge < -0.3 is 20.4 Å². The van der Waals surface area contributed by atoms with Crippen molar-refractivity contribution in [2.45, 2.75) is 26.8 Å². The summed E-state index contributed by atoms with van der Waals surface area (Å²) in [7, 11) is 1.57. The van der Waals surface area contributed by atoms with Gasteiger partial charge >= 0.3 is 0 Å². The van der Waals surface area contributed by atoms with E-state index in [-0.39, 0.29) is 17.7 Å². The summed E-state index contributed by atoms with van der Waals surface area (Å²) in [5.74, 6) is -0.0682. The molecule has 4 aromatic rings. The van der Waals surface area contributed by atoms with Crippen LogP contribution in [-0.4, -0.2) is 34.9 Å². The van der Waals surface area contributed by atoms with Crippen molar-refractivity contribution in [3.05, 3.63) is 65.2 Å². The van der Waals surface area contributed by atoms with Crippen molar-refractivity contribution in [1.82, 2.24) is 15.3 Å². The molecule has 3 N–H and O–H groups in total. The lowest BCUT2D eigenvalue weighted by Gasteiger charge is -2.21. The number of thiazole rings is 1. The minimum absolute atomic E-state index is 0.109. The molecule has 0 bridgehead atoms. The van der Waals surface area contributed by atoms with Crippen molar-refractivity contribution in [2.75, 3.05) is 12.4 Å². The number of nitrogens with one attached hydrogen (secondary N) is 3. The second-order valence-corrected chi connectivity index (χ2v) is 8.98. The van der Waals surface area contributed by atoms with E-state index < -0.39 is 6.04 Å². The van der Waals surface area contributed by atoms with E-state index in [1.165, 1.54) is 11.3 Å².